The summed E-state index contributed by atoms with van der Waals surface area (Å²) in [5.41, 5.74) is 0. The van der Waals surface area contributed by atoms with Gasteiger partial charge in [-0.3, -0.25) is 14.4 Å². The summed E-state index contributed by atoms with van der Waals surface area (Å²) in [6.07, 6.45) is 64.5. The molecule has 0 saturated heterocycles. The summed E-state index contributed by atoms with van der Waals surface area (Å²) in [6.45, 7) is 6.50. The molecular weight excluding hydrogens is 781 g/mol. The Hall–Kier alpha value is -3.15. The SMILES string of the molecule is CCCC/C=C\C/C=C\CCCCCCCC(=O)OCC(COC(=O)CCCCCCCCC/C=C\C/C=C\CCCCC)OC(=O)CCCCCCC/C=C\C/C=C\CCCC. The Morgan fingerprint density at radius 2 is 0.587 bits per heavy atom. The van der Waals surface area contributed by atoms with Crippen LogP contribution >= 0.6 is 0 Å². The fraction of sp³-hybridized carbons (Fsp3) is 0.737. The molecule has 6 heteroatoms. The summed E-state index contributed by atoms with van der Waals surface area (Å²) < 4.78 is 16.8. The van der Waals surface area contributed by atoms with E-state index in [2.05, 4.69) is 93.7 Å². The molecule has 63 heavy (non-hydrogen) atoms. The molecule has 0 aliphatic rings. The molecule has 0 spiro atoms. The van der Waals surface area contributed by atoms with E-state index in [9.17, 15) is 14.4 Å². The zero-order valence-corrected chi connectivity index (χ0v) is 41.3. The molecule has 0 heterocycles. The number of unbranched alkanes of at least 4 members (excludes halogenated alkanes) is 24. The lowest BCUT2D eigenvalue weighted by molar-refractivity contribution is -0.167. The lowest BCUT2D eigenvalue weighted by Gasteiger charge is -2.18. The van der Waals surface area contributed by atoms with Crippen LogP contribution in [0.4, 0.5) is 0 Å². The van der Waals surface area contributed by atoms with Crippen LogP contribution in [0.3, 0.4) is 0 Å². The van der Waals surface area contributed by atoms with E-state index in [-0.39, 0.29) is 31.1 Å². The highest BCUT2D eigenvalue weighted by Gasteiger charge is 2.19. The summed E-state index contributed by atoms with van der Waals surface area (Å²) in [4.78, 5) is 38.0. The summed E-state index contributed by atoms with van der Waals surface area (Å²) in [6, 6.07) is 0. The predicted octanol–water partition coefficient (Wildman–Crippen LogP) is 17.4. The van der Waals surface area contributed by atoms with Crippen LogP contribution in [-0.2, 0) is 28.6 Å². The third-order valence-electron chi connectivity index (χ3n) is 11.2. The van der Waals surface area contributed by atoms with Crippen molar-refractivity contribution >= 4 is 17.9 Å². The van der Waals surface area contributed by atoms with Crippen molar-refractivity contribution in [1.82, 2.24) is 0 Å². The molecule has 0 aromatic carbocycles. The van der Waals surface area contributed by atoms with E-state index in [1.807, 2.05) is 0 Å². The lowest BCUT2D eigenvalue weighted by Crippen LogP contribution is -2.30. The molecule has 0 aliphatic carbocycles. The number of esters is 3. The Balaban J connectivity index is 4.43. The van der Waals surface area contributed by atoms with Gasteiger partial charge in [0.1, 0.15) is 13.2 Å². The molecule has 0 amide bonds. The second-order valence-electron chi connectivity index (χ2n) is 17.4. The van der Waals surface area contributed by atoms with Crippen LogP contribution in [0.5, 0.6) is 0 Å². The number of allylic oxidation sites excluding steroid dienone is 12. The molecule has 0 aromatic rings. The van der Waals surface area contributed by atoms with Gasteiger partial charge in [0.25, 0.3) is 0 Å². The van der Waals surface area contributed by atoms with Gasteiger partial charge in [-0.2, -0.15) is 0 Å². The van der Waals surface area contributed by atoms with E-state index in [1.54, 1.807) is 0 Å². The van der Waals surface area contributed by atoms with Crippen molar-refractivity contribution in [2.75, 3.05) is 13.2 Å². The van der Waals surface area contributed by atoms with Crippen molar-refractivity contribution in [3.8, 4) is 0 Å². The highest BCUT2D eigenvalue weighted by Crippen LogP contribution is 2.14. The molecule has 1 atom stereocenters. The maximum atomic E-state index is 12.8. The fourth-order valence-corrected chi connectivity index (χ4v) is 7.09. The van der Waals surface area contributed by atoms with E-state index < -0.39 is 6.10 Å². The van der Waals surface area contributed by atoms with Crippen LogP contribution in [0.25, 0.3) is 0 Å². The van der Waals surface area contributed by atoms with Crippen LogP contribution in [0.15, 0.2) is 72.9 Å². The van der Waals surface area contributed by atoms with Crippen molar-refractivity contribution in [2.24, 2.45) is 0 Å². The van der Waals surface area contributed by atoms with Crippen LogP contribution in [0.2, 0.25) is 0 Å². The number of rotatable bonds is 47. The predicted molar refractivity (Wildman–Crippen MR) is 270 cm³/mol. The zero-order valence-electron chi connectivity index (χ0n) is 41.3. The molecule has 0 N–H and O–H groups in total. The summed E-state index contributed by atoms with van der Waals surface area (Å²) in [5, 5.41) is 0. The van der Waals surface area contributed by atoms with Crippen molar-refractivity contribution < 1.29 is 28.6 Å². The number of carbonyl (C=O) groups is 3. The van der Waals surface area contributed by atoms with Crippen molar-refractivity contribution in [2.45, 2.75) is 258 Å². The highest BCUT2D eigenvalue weighted by molar-refractivity contribution is 5.71. The normalized spacial score (nSPS) is 12.6. The molecule has 0 aromatic heterocycles. The van der Waals surface area contributed by atoms with Crippen molar-refractivity contribution in [3.05, 3.63) is 72.9 Å². The van der Waals surface area contributed by atoms with Gasteiger partial charge >= 0.3 is 17.9 Å². The first-order chi connectivity index (χ1) is 31.0. The third kappa shape index (κ3) is 49.7. The highest BCUT2D eigenvalue weighted by atomic mass is 16.6. The largest absolute Gasteiger partial charge is 0.462 e. The molecule has 0 rings (SSSR count). The molecule has 6 nitrogen and oxygen atoms in total. The second kappa shape index (κ2) is 51.5. The number of ether oxygens (including phenoxy) is 3. The van der Waals surface area contributed by atoms with Gasteiger partial charge in [-0.1, -0.05) is 203 Å². The first-order valence-electron chi connectivity index (χ1n) is 26.4. The number of carbonyl (C=O) groups excluding carboxylic acids is 3. The van der Waals surface area contributed by atoms with Gasteiger partial charge in [-0.25, -0.2) is 0 Å². The first kappa shape index (κ1) is 59.9. The van der Waals surface area contributed by atoms with Crippen molar-refractivity contribution in [1.29, 1.82) is 0 Å². The van der Waals surface area contributed by atoms with Gasteiger partial charge in [-0.05, 0) is 103 Å². The van der Waals surface area contributed by atoms with Gasteiger partial charge in [0.15, 0.2) is 6.10 Å². The minimum atomic E-state index is -0.791. The third-order valence-corrected chi connectivity index (χ3v) is 11.2. The smallest absolute Gasteiger partial charge is 0.306 e. The number of hydrogen-bond acceptors (Lipinski definition) is 6. The van der Waals surface area contributed by atoms with Gasteiger partial charge in [0, 0.05) is 19.3 Å². The quantitative estimate of drug-likeness (QED) is 0.0262. The fourth-order valence-electron chi connectivity index (χ4n) is 7.09. The minimum absolute atomic E-state index is 0.0901. The summed E-state index contributed by atoms with van der Waals surface area (Å²) >= 11 is 0. The van der Waals surface area contributed by atoms with E-state index in [0.717, 1.165) is 122 Å². The van der Waals surface area contributed by atoms with E-state index in [4.69, 9.17) is 14.2 Å². The Morgan fingerprint density at radius 1 is 0.317 bits per heavy atom. The second-order valence-corrected chi connectivity index (χ2v) is 17.4. The maximum Gasteiger partial charge on any atom is 0.306 e. The summed E-state index contributed by atoms with van der Waals surface area (Å²) in [7, 11) is 0. The first-order valence-corrected chi connectivity index (χ1v) is 26.4. The van der Waals surface area contributed by atoms with E-state index >= 15 is 0 Å². The molecule has 0 bridgehead atoms. The molecule has 1 unspecified atom stereocenters. The molecule has 362 valence electrons. The van der Waals surface area contributed by atoms with Crippen LogP contribution in [0, 0.1) is 0 Å². The topological polar surface area (TPSA) is 78.9 Å². The average Bonchev–Trinajstić information content (AvgIpc) is 3.28. The Bertz CT molecular complexity index is 1190. The number of hydrogen-bond donors (Lipinski definition) is 0. The van der Waals surface area contributed by atoms with Crippen LogP contribution in [-0.4, -0.2) is 37.2 Å². The zero-order chi connectivity index (χ0) is 45.8. The molecule has 0 fully saturated rings. The monoisotopic (exact) mass is 879 g/mol. The van der Waals surface area contributed by atoms with E-state index in [0.29, 0.717) is 19.3 Å². The Kier molecular flexibility index (Phi) is 48.9. The molecule has 0 radical (unpaired) electrons. The Labute approximate surface area is 389 Å². The maximum absolute atomic E-state index is 12.8. The van der Waals surface area contributed by atoms with Gasteiger partial charge in [0.2, 0.25) is 0 Å². The van der Waals surface area contributed by atoms with Crippen LogP contribution < -0.4 is 0 Å². The van der Waals surface area contributed by atoms with Gasteiger partial charge < -0.3 is 14.2 Å². The lowest BCUT2D eigenvalue weighted by atomic mass is 10.1. The summed E-state index contributed by atoms with van der Waals surface area (Å²) in [5.74, 6) is -0.924. The van der Waals surface area contributed by atoms with Crippen LogP contribution in [0.1, 0.15) is 252 Å². The molecular formula is C57H98O6. The van der Waals surface area contributed by atoms with Gasteiger partial charge in [-0.15, -0.1) is 0 Å². The van der Waals surface area contributed by atoms with Gasteiger partial charge in [0.05, 0.1) is 0 Å². The molecule has 0 aliphatic heterocycles. The average molecular weight is 879 g/mol. The van der Waals surface area contributed by atoms with E-state index in [1.165, 1.54) is 89.9 Å². The Morgan fingerprint density at radius 3 is 0.921 bits per heavy atom. The minimum Gasteiger partial charge on any atom is -0.462 e. The standard InChI is InChI=1S/C57H98O6/c1-4-7-10-13-16-19-22-25-28-29-30-33-35-38-41-44-47-50-56(59)62-53-54(63-57(60)51-48-45-42-39-36-32-27-24-21-18-15-12-9-6-3)52-61-55(58)49-46-43-40-37-34-31-26-23-20-17-14-11-8-5-2/h14-19,23-28,54H,4-13,20-22,29-53H2,1-3H3/b17-14-,18-15-,19-16-,26-23-,27-24-,28-25-. The van der Waals surface area contributed by atoms with Crippen molar-refractivity contribution in [3.63, 3.8) is 0 Å². The molecule has 0 saturated carbocycles.